The first-order chi connectivity index (χ1) is 8.80. The minimum Gasteiger partial charge on any atom is -0.493 e. The average molecular weight is 289 g/mol. The van der Waals surface area contributed by atoms with Gasteiger partial charge in [0.15, 0.2) is 11.5 Å². The number of halogens is 1. The van der Waals surface area contributed by atoms with Crippen molar-refractivity contribution in [1.82, 2.24) is 0 Å². The fraction of sp³-hybridized carbons (Fsp3) is 0.462. The van der Waals surface area contributed by atoms with Gasteiger partial charge in [0.25, 0.3) is 0 Å². The van der Waals surface area contributed by atoms with Crippen molar-refractivity contribution >= 4 is 17.6 Å². The summed E-state index contributed by atoms with van der Waals surface area (Å²) in [5, 5.41) is 18.9. The normalized spacial score (nSPS) is 13.7. The number of aromatic carboxylic acids is 1. The number of ether oxygens (including phenoxy) is 2. The lowest BCUT2D eigenvalue weighted by Gasteiger charge is -2.22. The van der Waals surface area contributed by atoms with Gasteiger partial charge in [-0.15, -0.1) is 0 Å². The van der Waals surface area contributed by atoms with E-state index in [-0.39, 0.29) is 28.7 Å². The molecule has 0 bridgehead atoms. The second kappa shape index (κ2) is 6.12. The van der Waals surface area contributed by atoms with Gasteiger partial charge in [0.2, 0.25) is 0 Å². The molecule has 106 valence electrons. The van der Waals surface area contributed by atoms with Gasteiger partial charge >= 0.3 is 5.97 Å². The third-order valence-electron chi connectivity index (χ3n) is 2.77. The number of hydrogen-bond acceptors (Lipinski definition) is 4. The van der Waals surface area contributed by atoms with Crippen LogP contribution in [0.2, 0.25) is 5.02 Å². The van der Waals surface area contributed by atoms with Crippen LogP contribution < -0.4 is 9.47 Å². The number of methoxy groups -OCH3 is 1. The standard InChI is InChI=1S/C13H17ClO5/c1-4-13(2,17)7-19-11-9(14)5-8(12(15)16)6-10(11)18-3/h5-6,17H,4,7H2,1-3H3,(H,15,16). The topological polar surface area (TPSA) is 76.0 Å². The molecular formula is C13H17ClO5. The molecule has 1 unspecified atom stereocenters. The summed E-state index contributed by atoms with van der Waals surface area (Å²) in [6, 6.07) is 2.60. The van der Waals surface area contributed by atoms with Crippen LogP contribution >= 0.6 is 11.6 Å². The smallest absolute Gasteiger partial charge is 0.335 e. The van der Waals surface area contributed by atoms with Gasteiger partial charge in [-0.3, -0.25) is 0 Å². The van der Waals surface area contributed by atoms with Gasteiger partial charge in [-0.05, 0) is 25.5 Å². The number of carboxylic acids is 1. The van der Waals surface area contributed by atoms with E-state index in [1.54, 1.807) is 6.92 Å². The number of carboxylic acid groups (broad SMARTS) is 1. The van der Waals surface area contributed by atoms with E-state index >= 15 is 0 Å². The number of aliphatic hydroxyl groups is 1. The summed E-state index contributed by atoms with van der Waals surface area (Å²) in [7, 11) is 1.39. The van der Waals surface area contributed by atoms with Crippen molar-refractivity contribution in [2.45, 2.75) is 25.9 Å². The summed E-state index contributed by atoms with van der Waals surface area (Å²) in [4.78, 5) is 10.9. The van der Waals surface area contributed by atoms with Crippen molar-refractivity contribution in [3.05, 3.63) is 22.7 Å². The molecule has 19 heavy (non-hydrogen) atoms. The highest BCUT2D eigenvalue weighted by Crippen LogP contribution is 2.37. The van der Waals surface area contributed by atoms with Gasteiger partial charge in [-0.1, -0.05) is 18.5 Å². The Morgan fingerprint density at radius 2 is 2.11 bits per heavy atom. The molecular weight excluding hydrogens is 272 g/mol. The Balaban J connectivity index is 3.04. The Bertz CT molecular complexity index is 470. The molecule has 1 rings (SSSR count). The molecule has 1 atom stereocenters. The van der Waals surface area contributed by atoms with Crippen LogP contribution in [-0.4, -0.2) is 35.5 Å². The van der Waals surface area contributed by atoms with Crippen molar-refractivity contribution in [1.29, 1.82) is 0 Å². The first kappa shape index (κ1) is 15.6. The lowest BCUT2D eigenvalue weighted by Crippen LogP contribution is -2.31. The number of hydrogen-bond donors (Lipinski definition) is 2. The maximum Gasteiger partial charge on any atom is 0.335 e. The molecule has 0 aliphatic carbocycles. The summed E-state index contributed by atoms with van der Waals surface area (Å²) in [6.07, 6.45) is 0.514. The van der Waals surface area contributed by atoms with Crippen LogP contribution in [0.3, 0.4) is 0 Å². The van der Waals surface area contributed by atoms with Gasteiger partial charge in [0.1, 0.15) is 6.61 Å². The van der Waals surface area contributed by atoms with Gasteiger partial charge in [0.05, 0.1) is 23.3 Å². The molecule has 0 aromatic heterocycles. The number of carbonyl (C=O) groups is 1. The molecule has 0 saturated heterocycles. The summed E-state index contributed by atoms with van der Waals surface area (Å²) in [6.45, 7) is 3.50. The van der Waals surface area contributed by atoms with Gasteiger partial charge < -0.3 is 19.7 Å². The van der Waals surface area contributed by atoms with Crippen LogP contribution in [0.4, 0.5) is 0 Å². The van der Waals surface area contributed by atoms with E-state index in [4.69, 9.17) is 26.2 Å². The van der Waals surface area contributed by atoms with E-state index in [0.717, 1.165) is 0 Å². The molecule has 0 aliphatic rings. The molecule has 5 nitrogen and oxygen atoms in total. The molecule has 0 aliphatic heterocycles. The lowest BCUT2D eigenvalue weighted by molar-refractivity contribution is 0.00776. The maximum atomic E-state index is 10.9. The highest BCUT2D eigenvalue weighted by molar-refractivity contribution is 6.32. The van der Waals surface area contributed by atoms with E-state index in [0.29, 0.717) is 6.42 Å². The summed E-state index contributed by atoms with van der Waals surface area (Å²) >= 11 is 5.98. The van der Waals surface area contributed by atoms with Crippen molar-refractivity contribution < 1.29 is 24.5 Å². The first-order valence-corrected chi connectivity index (χ1v) is 6.14. The molecule has 1 aromatic rings. The van der Waals surface area contributed by atoms with Crippen molar-refractivity contribution in [2.75, 3.05) is 13.7 Å². The second-order valence-corrected chi connectivity index (χ2v) is 4.84. The van der Waals surface area contributed by atoms with Crippen LogP contribution in [0, 0.1) is 0 Å². The van der Waals surface area contributed by atoms with Crippen molar-refractivity contribution in [2.24, 2.45) is 0 Å². The molecule has 0 amide bonds. The summed E-state index contributed by atoms with van der Waals surface area (Å²) in [5.41, 5.74) is -0.976. The van der Waals surface area contributed by atoms with Crippen molar-refractivity contribution in [3.63, 3.8) is 0 Å². The highest BCUT2D eigenvalue weighted by atomic mass is 35.5. The average Bonchev–Trinajstić information content (AvgIpc) is 2.36. The van der Waals surface area contributed by atoms with Gasteiger partial charge in [0, 0.05) is 0 Å². The van der Waals surface area contributed by atoms with Gasteiger partial charge in [-0.2, -0.15) is 0 Å². The van der Waals surface area contributed by atoms with E-state index < -0.39 is 11.6 Å². The zero-order valence-electron chi connectivity index (χ0n) is 11.1. The van der Waals surface area contributed by atoms with Crippen molar-refractivity contribution in [3.8, 4) is 11.5 Å². The number of benzene rings is 1. The summed E-state index contributed by atoms with van der Waals surface area (Å²) < 4.78 is 10.5. The second-order valence-electron chi connectivity index (χ2n) is 4.43. The third kappa shape index (κ3) is 4.01. The van der Waals surface area contributed by atoms with Gasteiger partial charge in [-0.25, -0.2) is 4.79 Å². The molecule has 0 fully saturated rings. The zero-order valence-corrected chi connectivity index (χ0v) is 11.8. The predicted octanol–water partition coefficient (Wildman–Crippen LogP) is 2.59. The monoisotopic (exact) mass is 288 g/mol. The number of rotatable bonds is 6. The van der Waals surface area contributed by atoms with Crippen LogP contribution in [0.5, 0.6) is 11.5 Å². The van der Waals surface area contributed by atoms with Crippen LogP contribution in [-0.2, 0) is 0 Å². The fourth-order valence-electron chi connectivity index (χ4n) is 1.31. The molecule has 0 spiro atoms. The van der Waals surface area contributed by atoms with E-state index in [9.17, 15) is 9.90 Å². The van der Waals surface area contributed by atoms with E-state index in [2.05, 4.69) is 0 Å². The Kier molecular flexibility index (Phi) is 5.03. The Morgan fingerprint density at radius 1 is 1.47 bits per heavy atom. The zero-order chi connectivity index (χ0) is 14.6. The van der Waals surface area contributed by atoms with E-state index in [1.807, 2.05) is 6.92 Å². The fourth-order valence-corrected chi connectivity index (χ4v) is 1.58. The summed E-state index contributed by atoms with van der Waals surface area (Å²) in [5.74, 6) is -0.660. The van der Waals surface area contributed by atoms with E-state index in [1.165, 1.54) is 19.2 Å². The predicted molar refractivity (Wildman–Crippen MR) is 71.4 cm³/mol. The quantitative estimate of drug-likeness (QED) is 0.841. The lowest BCUT2D eigenvalue weighted by atomic mass is 10.1. The molecule has 0 radical (unpaired) electrons. The van der Waals surface area contributed by atoms with Crippen LogP contribution in [0.25, 0.3) is 0 Å². The minimum absolute atomic E-state index is 0.0106. The largest absolute Gasteiger partial charge is 0.493 e. The van der Waals surface area contributed by atoms with Crippen LogP contribution in [0.15, 0.2) is 12.1 Å². The molecule has 0 saturated carbocycles. The Morgan fingerprint density at radius 3 is 2.58 bits per heavy atom. The first-order valence-electron chi connectivity index (χ1n) is 5.76. The SMILES string of the molecule is CCC(C)(O)COc1c(Cl)cc(C(=O)O)cc1OC. The molecule has 6 heteroatoms. The molecule has 1 aromatic carbocycles. The Hall–Kier alpha value is -1.46. The molecule has 2 N–H and O–H groups in total. The maximum absolute atomic E-state index is 10.9. The van der Waals surface area contributed by atoms with Crippen LogP contribution in [0.1, 0.15) is 30.6 Å². The third-order valence-corrected chi connectivity index (χ3v) is 3.05. The molecule has 0 heterocycles. The minimum atomic E-state index is -1.10. The highest BCUT2D eigenvalue weighted by Gasteiger charge is 2.21. The Labute approximate surface area is 116 Å².